The lowest BCUT2D eigenvalue weighted by Gasteiger charge is -2.02. The van der Waals surface area contributed by atoms with Gasteiger partial charge in [0.1, 0.15) is 5.75 Å². The summed E-state index contributed by atoms with van der Waals surface area (Å²) < 4.78 is 6.83. The minimum Gasteiger partial charge on any atom is -0.476 e. The Hall–Kier alpha value is -3.74. The van der Waals surface area contributed by atoms with Gasteiger partial charge in [0, 0.05) is 12.6 Å². The molecule has 114 valence electrons. The number of tetrazole rings is 1. The molecule has 0 radical (unpaired) electrons. The van der Waals surface area contributed by atoms with Gasteiger partial charge in [0.25, 0.3) is 5.88 Å². The summed E-state index contributed by atoms with van der Waals surface area (Å²) in [6.45, 7) is 0. The highest BCUT2D eigenvalue weighted by atomic mass is 16.5. The number of benzene rings is 1. The molecule has 3 rings (SSSR count). The van der Waals surface area contributed by atoms with Crippen LogP contribution in [0, 0.1) is 11.8 Å². The summed E-state index contributed by atoms with van der Waals surface area (Å²) in [5.41, 5.74) is 0.502. The quantitative estimate of drug-likeness (QED) is 0.656. The van der Waals surface area contributed by atoms with Gasteiger partial charge in [-0.05, 0) is 40.6 Å². The minimum absolute atomic E-state index is 0.110. The Morgan fingerprint density at radius 2 is 2.04 bits per heavy atom. The fourth-order valence-electron chi connectivity index (χ4n) is 1.61. The predicted octanol–water partition coefficient (Wildman–Crippen LogP) is 0.218. The fourth-order valence-corrected chi connectivity index (χ4v) is 1.61. The number of nitrogens with zero attached hydrogens (tertiary/aromatic N) is 6. The van der Waals surface area contributed by atoms with Crippen molar-refractivity contribution in [2.75, 3.05) is 0 Å². The zero-order valence-electron chi connectivity index (χ0n) is 11.8. The van der Waals surface area contributed by atoms with Crippen LogP contribution in [0.25, 0.3) is 0 Å². The predicted molar refractivity (Wildman–Crippen MR) is 74.6 cm³/mol. The number of aryl methyl sites for hydroxylation is 1. The first-order valence-corrected chi connectivity index (χ1v) is 6.30. The molecule has 0 saturated heterocycles. The number of hydrogen-bond donors (Lipinski definition) is 2. The van der Waals surface area contributed by atoms with Gasteiger partial charge in [0.2, 0.25) is 11.5 Å². The zero-order chi connectivity index (χ0) is 16.2. The summed E-state index contributed by atoms with van der Waals surface area (Å²) in [5.74, 6) is 5.28. The van der Waals surface area contributed by atoms with Crippen molar-refractivity contribution in [2.45, 2.75) is 0 Å². The molecule has 3 aromatic rings. The minimum atomic E-state index is -1.20. The lowest BCUT2D eigenvalue weighted by Crippen LogP contribution is -1.99. The second-order valence-electron chi connectivity index (χ2n) is 4.30. The molecule has 0 unspecified atom stereocenters. The Kier molecular flexibility index (Phi) is 3.67. The molecule has 0 aliphatic heterocycles. The molecule has 0 amide bonds. The number of carboxylic acid groups (broad SMARTS) is 1. The monoisotopic (exact) mass is 311 g/mol. The van der Waals surface area contributed by atoms with Gasteiger partial charge < -0.3 is 9.84 Å². The summed E-state index contributed by atoms with van der Waals surface area (Å²) in [6.07, 6.45) is 0. The van der Waals surface area contributed by atoms with E-state index < -0.39 is 5.97 Å². The number of hydrogen-bond acceptors (Lipinski definition) is 7. The van der Waals surface area contributed by atoms with Crippen LogP contribution in [0.3, 0.4) is 0 Å². The molecule has 2 aromatic heterocycles. The van der Waals surface area contributed by atoms with Crippen molar-refractivity contribution in [1.29, 1.82) is 0 Å². The van der Waals surface area contributed by atoms with Crippen molar-refractivity contribution >= 4 is 5.97 Å². The Balaban J connectivity index is 1.75. The van der Waals surface area contributed by atoms with Gasteiger partial charge >= 0.3 is 5.97 Å². The van der Waals surface area contributed by atoms with Crippen LogP contribution in [0.2, 0.25) is 0 Å². The van der Waals surface area contributed by atoms with Crippen LogP contribution >= 0.6 is 0 Å². The second kappa shape index (κ2) is 5.94. The molecule has 0 aliphatic rings. The molecule has 0 spiro atoms. The number of ether oxygens (including phenoxy) is 1. The number of rotatable bonds is 3. The first-order chi connectivity index (χ1) is 11.1. The average Bonchev–Trinajstić information content (AvgIpc) is 3.16. The van der Waals surface area contributed by atoms with Gasteiger partial charge in [-0.1, -0.05) is 21.3 Å². The molecule has 0 atom stereocenters. The van der Waals surface area contributed by atoms with E-state index in [0.29, 0.717) is 11.6 Å². The largest absolute Gasteiger partial charge is 0.476 e. The smallest absolute Gasteiger partial charge is 0.359 e. The Bertz CT molecular complexity index is 902. The first-order valence-electron chi connectivity index (χ1n) is 6.30. The van der Waals surface area contributed by atoms with E-state index >= 15 is 0 Å². The van der Waals surface area contributed by atoms with Gasteiger partial charge in [0.15, 0.2) is 0 Å². The van der Waals surface area contributed by atoms with Gasteiger partial charge in [-0.3, -0.25) is 0 Å². The summed E-state index contributed by atoms with van der Waals surface area (Å²) in [6, 6.07) is 6.71. The first kappa shape index (κ1) is 14.2. The van der Waals surface area contributed by atoms with E-state index in [1.807, 2.05) is 0 Å². The molecule has 0 bridgehead atoms. The zero-order valence-corrected chi connectivity index (χ0v) is 11.8. The number of aromatic nitrogens is 7. The maximum Gasteiger partial charge on any atom is 0.359 e. The highest BCUT2D eigenvalue weighted by Crippen LogP contribution is 2.21. The topological polar surface area (TPSA) is 132 Å². The van der Waals surface area contributed by atoms with Crippen LogP contribution in [0.1, 0.15) is 21.9 Å². The summed E-state index contributed by atoms with van der Waals surface area (Å²) in [7, 11) is 1.69. The van der Waals surface area contributed by atoms with E-state index in [4.69, 9.17) is 9.84 Å². The summed E-state index contributed by atoms with van der Waals surface area (Å²) >= 11 is 0. The lowest BCUT2D eigenvalue weighted by molar-refractivity contribution is 0.0687. The Morgan fingerprint density at radius 3 is 2.70 bits per heavy atom. The SMILES string of the molecule is Cn1nnnc1C#Cc1ccc(Oc2nn[nH]c2C(=O)O)cc1. The van der Waals surface area contributed by atoms with E-state index in [9.17, 15) is 4.79 Å². The number of aromatic amines is 1. The molecule has 23 heavy (non-hydrogen) atoms. The molecule has 2 heterocycles. The van der Waals surface area contributed by atoms with E-state index in [1.165, 1.54) is 4.68 Å². The number of nitrogens with one attached hydrogen (secondary N) is 1. The van der Waals surface area contributed by atoms with Crippen LogP contribution in [0.4, 0.5) is 0 Å². The van der Waals surface area contributed by atoms with E-state index in [2.05, 4.69) is 42.8 Å². The van der Waals surface area contributed by atoms with Crippen LogP contribution in [0.5, 0.6) is 11.6 Å². The third kappa shape index (κ3) is 3.13. The van der Waals surface area contributed by atoms with Crippen molar-refractivity contribution in [3.05, 3.63) is 41.3 Å². The van der Waals surface area contributed by atoms with Gasteiger partial charge in [-0.25, -0.2) is 14.6 Å². The summed E-state index contributed by atoms with van der Waals surface area (Å²) in [4.78, 5) is 10.9. The van der Waals surface area contributed by atoms with Crippen LogP contribution in [0.15, 0.2) is 24.3 Å². The third-order valence-corrected chi connectivity index (χ3v) is 2.74. The fraction of sp³-hybridized carbons (Fsp3) is 0.0769. The highest BCUT2D eigenvalue weighted by Gasteiger charge is 2.16. The van der Waals surface area contributed by atoms with Gasteiger partial charge in [-0.15, -0.1) is 0 Å². The number of carboxylic acids is 1. The third-order valence-electron chi connectivity index (χ3n) is 2.74. The number of H-pyrrole nitrogens is 1. The molecule has 0 saturated carbocycles. The van der Waals surface area contributed by atoms with Crippen molar-refractivity contribution in [2.24, 2.45) is 7.05 Å². The Morgan fingerprint density at radius 1 is 1.26 bits per heavy atom. The average molecular weight is 311 g/mol. The van der Waals surface area contributed by atoms with Crippen molar-refractivity contribution in [3.63, 3.8) is 0 Å². The number of carbonyl (C=O) groups is 1. The molecule has 2 N–H and O–H groups in total. The van der Waals surface area contributed by atoms with Crippen molar-refractivity contribution < 1.29 is 14.6 Å². The van der Waals surface area contributed by atoms with Gasteiger partial charge in [0.05, 0.1) is 0 Å². The normalized spacial score (nSPS) is 9.96. The standard InChI is InChI=1S/C13H9N7O3/c1-20-10(14-18-19-20)7-4-8-2-5-9(6-3-8)23-12-11(13(21)22)15-17-16-12/h2-3,5-6H,1H3,(H,21,22)(H,15,16,17). The number of aromatic carboxylic acids is 1. The molecular formula is C13H9N7O3. The lowest BCUT2D eigenvalue weighted by atomic mass is 10.2. The van der Waals surface area contributed by atoms with Crippen molar-refractivity contribution in [3.8, 4) is 23.5 Å². The summed E-state index contributed by atoms with van der Waals surface area (Å²) in [5, 5.41) is 29.1. The van der Waals surface area contributed by atoms with Crippen LogP contribution in [-0.4, -0.2) is 46.7 Å². The van der Waals surface area contributed by atoms with Gasteiger partial charge in [-0.2, -0.15) is 0 Å². The molecule has 0 aliphatic carbocycles. The highest BCUT2D eigenvalue weighted by molar-refractivity contribution is 5.87. The molecule has 10 nitrogen and oxygen atoms in total. The molecule has 10 heteroatoms. The second-order valence-corrected chi connectivity index (χ2v) is 4.30. The van der Waals surface area contributed by atoms with E-state index in [0.717, 1.165) is 5.56 Å². The van der Waals surface area contributed by atoms with Crippen LogP contribution in [-0.2, 0) is 7.05 Å². The van der Waals surface area contributed by atoms with E-state index in [1.54, 1.807) is 31.3 Å². The van der Waals surface area contributed by atoms with Crippen LogP contribution < -0.4 is 4.74 Å². The maximum atomic E-state index is 10.9. The van der Waals surface area contributed by atoms with E-state index in [-0.39, 0.29) is 11.6 Å². The Labute approximate surface area is 129 Å². The molecular weight excluding hydrogens is 302 g/mol. The maximum absolute atomic E-state index is 10.9. The molecule has 1 aromatic carbocycles. The van der Waals surface area contributed by atoms with Crippen molar-refractivity contribution in [1.82, 2.24) is 35.6 Å². The molecule has 0 fully saturated rings.